The maximum Gasteiger partial charge on any atom is 0.341 e. The maximum atomic E-state index is 13.0. The van der Waals surface area contributed by atoms with Gasteiger partial charge in [-0.15, -0.1) is 0 Å². The number of rotatable bonds is 3. The summed E-state index contributed by atoms with van der Waals surface area (Å²) >= 11 is 0. The number of ether oxygens (including phenoxy) is 2. The van der Waals surface area contributed by atoms with E-state index in [2.05, 4.69) is 0 Å². The van der Waals surface area contributed by atoms with Crippen molar-refractivity contribution in [3.63, 3.8) is 0 Å². The minimum atomic E-state index is -2.36. The Bertz CT molecular complexity index is 420. The van der Waals surface area contributed by atoms with Gasteiger partial charge in [0.05, 0.1) is 0 Å². The van der Waals surface area contributed by atoms with E-state index < -0.39 is 18.2 Å². The quantitative estimate of drug-likeness (QED) is 0.802. The first-order chi connectivity index (χ1) is 7.59. The topological polar surface area (TPSA) is 76.0 Å². The van der Waals surface area contributed by atoms with Gasteiger partial charge in [0.25, 0.3) is 0 Å². The summed E-state index contributed by atoms with van der Waals surface area (Å²) in [5.74, 6) is -0.846. The van der Waals surface area contributed by atoms with Gasteiger partial charge in [0, 0.05) is 0 Å². The Balaban J connectivity index is 2.24. The normalized spacial score (nSPS) is 16.9. The van der Waals surface area contributed by atoms with Gasteiger partial charge in [-0.05, 0) is 17.7 Å². The van der Waals surface area contributed by atoms with Crippen LogP contribution in [0.2, 0.25) is 0 Å². The van der Waals surface area contributed by atoms with E-state index in [1.807, 2.05) is 0 Å². The van der Waals surface area contributed by atoms with E-state index in [0.717, 1.165) is 0 Å². The molecular formula is C10H9FO5. The first-order valence-corrected chi connectivity index (χ1v) is 4.54. The van der Waals surface area contributed by atoms with Crippen LogP contribution in [0.5, 0.6) is 11.5 Å². The molecule has 0 aromatic heterocycles. The zero-order chi connectivity index (χ0) is 11.7. The lowest BCUT2D eigenvalue weighted by Crippen LogP contribution is -2.23. The first kappa shape index (κ1) is 10.7. The maximum absolute atomic E-state index is 13.0. The number of aliphatic hydroxyl groups excluding tert-OH is 1. The van der Waals surface area contributed by atoms with Crippen molar-refractivity contribution < 1.29 is 28.9 Å². The molecule has 0 spiro atoms. The highest BCUT2D eigenvalue weighted by atomic mass is 19.1. The molecule has 6 heteroatoms. The van der Waals surface area contributed by atoms with Crippen LogP contribution in [0.3, 0.4) is 0 Å². The van der Waals surface area contributed by atoms with E-state index in [9.17, 15) is 14.3 Å². The number of hydrogen-bond donors (Lipinski definition) is 2. The van der Waals surface area contributed by atoms with E-state index in [1.54, 1.807) is 0 Å². The van der Waals surface area contributed by atoms with Gasteiger partial charge in [0.1, 0.15) is 6.10 Å². The van der Waals surface area contributed by atoms with Crippen molar-refractivity contribution >= 4 is 5.97 Å². The molecule has 0 saturated heterocycles. The lowest BCUT2D eigenvalue weighted by molar-refractivity contribution is -0.147. The monoisotopic (exact) mass is 228 g/mol. The summed E-state index contributed by atoms with van der Waals surface area (Å²) < 4.78 is 23.1. The molecule has 16 heavy (non-hydrogen) atoms. The fourth-order valence-corrected chi connectivity index (χ4v) is 1.40. The molecule has 1 heterocycles. The highest BCUT2D eigenvalue weighted by molar-refractivity contribution is 5.73. The highest BCUT2D eigenvalue weighted by Gasteiger charge is 2.28. The van der Waals surface area contributed by atoms with Crippen molar-refractivity contribution in [2.45, 2.75) is 12.3 Å². The number of carbonyl (C=O) groups is 1. The number of fused-ring (bicyclic) bond motifs is 1. The molecule has 0 saturated carbocycles. The molecule has 1 aliphatic rings. The van der Waals surface area contributed by atoms with Crippen molar-refractivity contribution in [2.75, 3.05) is 6.79 Å². The van der Waals surface area contributed by atoms with Crippen molar-refractivity contribution in [2.24, 2.45) is 0 Å². The predicted molar refractivity (Wildman–Crippen MR) is 50.1 cm³/mol. The number of halogens is 1. The zero-order valence-electron chi connectivity index (χ0n) is 8.09. The second-order valence-corrected chi connectivity index (χ2v) is 3.30. The van der Waals surface area contributed by atoms with Gasteiger partial charge in [-0.2, -0.15) is 0 Å². The van der Waals surface area contributed by atoms with E-state index in [-0.39, 0.29) is 12.4 Å². The molecule has 86 valence electrons. The predicted octanol–water partition coefficient (Wildman–Crippen LogP) is 0.871. The molecule has 2 atom stereocenters. The van der Waals surface area contributed by atoms with E-state index in [1.165, 1.54) is 18.2 Å². The second kappa shape index (κ2) is 3.97. The fraction of sp³-hybridized carbons (Fsp3) is 0.300. The summed E-state index contributed by atoms with van der Waals surface area (Å²) in [4.78, 5) is 10.4. The number of hydrogen-bond acceptors (Lipinski definition) is 4. The summed E-state index contributed by atoms with van der Waals surface area (Å²) in [6.07, 6.45) is -4.08. The molecule has 5 nitrogen and oxygen atoms in total. The van der Waals surface area contributed by atoms with Crippen LogP contribution in [-0.2, 0) is 4.79 Å². The molecule has 0 fully saturated rings. The van der Waals surface area contributed by atoms with E-state index in [0.29, 0.717) is 11.5 Å². The van der Waals surface area contributed by atoms with Crippen LogP contribution >= 0.6 is 0 Å². The zero-order valence-corrected chi connectivity index (χ0v) is 8.09. The minimum Gasteiger partial charge on any atom is -0.479 e. The van der Waals surface area contributed by atoms with Gasteiger partial charge in [-0.1, -0.05) is 6.07 Å². The van der Waals surface area contributed by atoms with Gasteiger partial charge in [0.2, 0.25) is 13.0 Å². The van der Waals surface area contributed by atoms with Gasteiger partial charge in [-0.25, -0.2) is 9.18 Å². The highest BCUT2D eigenvalue weighted by Crippen LogP contribution is 2.35. The lowest BCUT2D eigenvalue weighted by Gasteiger charge is -2.12. The number of aliphatic hydroxyl groups is 1. The third-order valence-electron chi connectivity index (χ3n) is 2.25. The third-order valence-corrected chi connectivity index (χ3v) is 2.25. The molecule has 0 aliphatic carbocycles. The average molecular weight is 228 g/mol. The summed E-state index contributed by atoms with van der Waals surface area (Å²) in [7, 11) is 0. The number of carboxylic acids is 1. The Kier molecular flexibility index (Phi) is 2.66. The second-order valence-electron chi connectivity index (χ2n) is 3.30. The summed E-state index contributed by atoms with van der Waals surface area (Å²) in [5, 5.41) is 17.9. The van der Waals surface area contributed by atoms with Crippen molar-refractivity contribution in [3.05, 3.63) is 23.8 Å². The summed E-state index contributed by atoms with van der Waals surface area (Å²) in [5.41, 5.74) is 0.138. The first-order valence-electron chi connectivity index (χ1n) is 4.54. The molecule has 1 aromatic rings. The molecule has 2 N–H and O–H groups in total. The van der Waals surface area contributed by atoms with Crippen LogP contribution in [0.1, 0.15) is 11.7 Å². The summed E-state index contributed by atoms with van der Waals surface area (Å²) in [6.45, 7) is 0.0624. The third kappa shape index (κ3) is 1.79. The lowest BCUT2D eigenvalue weighted by atomic mass is 10.0. The number of carboxylic acid groups (broad SMARTS) is 1. The Hall–Kier alpha value is -1.82. The Morgan fingerprint density at radius 2 is 2.06 bits per heavy atom. The van der Waals surface area contributed by atoms with E-state index in [4.69, 9.17) is 14.6 Å². The molecule has 0 bridgehead atoms. The van der Waals surface area contributed by atoms with Crippen LogP contribution < -0.4 is 9.47 Å². The molecular weight excluding hydrogens is 219 g/mol. The minimum absolute atomic E-state index is 0.0624. The van der Waals surface area contributed by atoms with Gasteiger partial charge in [0.15, 0.2) is 11.5 Å². The standard InChI is InChI=1S/C10H9FO5/c11-8(10(13)14)9(12)5-1-2-6-7(3-5)16-4-15-6/h1-3,8-9,12H,4H2,(H,13,14). The molecule has 2 unspecified atom stereocenters. The SMILES string of the molecule is O=C(O)C(F)C(O)c1ccc2c(c1)OCO2. The Morgan fingerprint density at radius 3 is 2.75 bits per heavy atom. The van der Waals surface area contributed by atoms with Crippen molar-refractivity contribution in [1.82, 2.24) is 0 Å². The van der Waals surface area contributed by atoms with Gasteiger partial charge in [-0.3, -0.25) is 0 Å². The largest absolute Gasteiger partial charge is 0.479 e. The molecule has 2 rings (SSSR count). The van der Waals surface area contributed by atoms with Crippen molar-refractivity contribution in [3.8, 4) is 11.5 Å². The Morgan fingerprint density at radius 1 is 1.38 bits per heavy atom. The van der Waals surface area contributed by atoms with Crippen LogP contribution in [0.15, 0.2) is 18.2 Å². The summed E-state index contributed by atoms with van der Waals surface area (Å²) in [6, 6.07) is 4.26. The van der Waals surface area contributed by atoms with Crippen molar-refractivity contribution in [1.29, 1.82) is 0 Å². The van der Waals surface area contributed by atoms with Gasteiger partial charge < -0.3 is 19.7 Å². The van der Waals surface area contributed by atoms with E-state index >= 15 is 0 Å². The average Bonchev–Trinajstić information content (AvgIpc) is 2.73. The number of benzene rings is 1. The molecule has 1 aliphatic heterocycles. The Labute approximate surface area is 90.0 Å². The fourth-order valence-electron chi connectivity index (χ4n) is 1.40. The van der Waals surface area contributed by atoms with Gasteiger partial charge >= 0.3 is 5.97 Å². The van der Waals surface area contributed by atoms with Crippen LogP contribution in [-0.4, -0.2) is 29.1 Å². The number of aliphatic carboxylic acids is 1. The molecule has 1 aromatic carbocycles. The molecule has 0 amide bonds. The number of alkyl halides is 1. The molecule has 0 radical (unpaired) electrons. The van der Waals surface area contributed by atoms with Crippen LogP contribution in [0, 0.1) is 0 Å². The van der Waals surface area contributed by atoms with Crippen LogP contribution in [0.4, 0.5) is 4.39 Å². The van der Waals surface area contributed by atoms with Crippen LogP contribution in [0.25, 0.3) is 0 Å². The smallest absolute Gasteiger partial charge is 0.341 e.